The van der Waals surface area contributed by atoms with Crippen LogP contribution in [0.15, 0.2) is 29.6 Å². The van der Waals surface area contributed by atoms with E-state index < -0.39 is 6.17 Å². The second-order valence-electron chi connectivity index (χ2n) is 3.95. The summed E-state index contributed by atoms with van der Waals surface area (Å²) in [7, 11) is 0. The molecule has 0 radical (unpaired) electrons. The van der Waals surface area contributed by atoms with Gasteiger partial charge in [0, 0.05) is 10.9 Å². The first-order valence-electron chi connectivity index (χ1n) is 5.66. The Morgan fingerprint density at radius 1 is 1.35 bits per heavy atom. The molecule has 4 heteroatoms. The molecular weight excluding hydrogens is 235 g/mol. The lowest BCUT2D eigenvalue weighted by molar-refractivity contribution is 0.321. The molecule has 90 valence electrons. The number of nitrogens with zero attached hydrogens (tertiary/aromatic N) is 1. The molecule has 1 unspecified atom stereocenters. The lowest BCUT2D eigenvalue weighted by Gasteiger charge is -2.07. The standard InChI is InChI=1S/C13H15FN2S/c1-2-3-11(14)9-4-6-10(7-5-9)12-8-17-13(15)16-12/h4-8,11H,2-3H2,1H3,(H2,15,16). The first kappa shape index (κ1) is 12.0. The van der Waals surface area contributed by atoms with Gasteiger partial charge in [-0.05, 0) is 12.0 Å². The SMILES string of the molecule is CCCC(F)c1ccc(-c2csc(N)n2)cc1. The zero-order chi connectivity index (χ0) is 12.3. The summed E-state index contributed by atoms with van der Waals surface area (Å²) >= 11 is 1.41. The maximum atomic E-state index is 13.6. The highest BCUT2D eigenvalue weighted by Crippen LogP contribution is 2.27. The van der Waals surface area contributed by atoms with Crippen LogP contribution in [0.25, 0.3) is 11.3 Å². The molecule has 1 aromatic carbocycles. The lowest BCUT2D eigenvalue weighted by atomic mass is 10.0. The normalized spacial score (nSPS) is 12.6. The van der Waals surface area contributed by atoms with E-state index in [-0.39, 0.29) is 0 Å². The van der Waals surface area contributed by atoms with Gasteiger partial charge in [0.05, 0.1) is 5.69 Å². The van der Waals surface area contributed by atoms with Crippen LogP contribution in [0.2, 0.25) is 0 Å². The zero-order valence-electron chi connectivity index (χ0n) is 9.69. The van der Waals surface area contributed by atoms with Crippen LogP contribution >= 0.6 is 11.3 Å². The van der Waals surface area contributed by atoms with Crippen LogP contribution in [0.5, 0.6) is 0 Å². The highest BCUT2D eigenvalue weighted by molar-refractivity contribution is 7.13. The van der Waals surface area contributed by atoms with Crippen molar-refractivity contribution >= 4 is 16.5 Å². The Hall–Kier alpha value is -1.42. The van der Waals surface area contributed by atoms with Crippen molar-refractivity contribution in [2.75, 3.05) is 5.73 Å². The third-order valence-corrected chi connectivity index (χ3v) is 3.31. The van der Waals surface area contributed by atoms with Gasteiger partial charge in [-0.2, -0.15) is 0 Å². The number of alkyl halides is 1. The number of nitrogen functional groups attached to an aromatic ring is 1. The predicted molar refractivity (Wildman–Crippen MR) is 70.7 cm³/mol. The molecule has 2 N–H and O–H groups in total. The Kier molecular flexibility index (Phi) is 3.74. The Morgan fingerprint density at radius 2 is 2.06 bits per heavy atom. The van der Waals surface area contributed by atoms with Gasteiger partial charge in [-0.25, -0.2) is 9.37 Å². The average molecular weight is 250 g/mol. The Labute approximate surface area is 104 Å². The van der Waals surface area contributed by atoms with Crippen molar-refractivity contribution in [1.82, 2.24) is 4.98 Å². The molecule has 1 atom stereocenters. The average Bonchev–Trinajstić information content (AvgIpc) is 2.76. The maximum absolute atomic E-state index is 13.6. The van der Waals surface area contributed by atoms with Gasteiger partial charge in [-0.15, -0.1) is 11.3 Å². The second-order valence-corrected chi connectivity index (χ2v) is 4.84. The molecule has 17 heavy (non-hydrogen) atoms. The van der Waals surface area contributed by atoms with E-state index in [4.69, 9.17) is 5.73 Å². The molecule has 0 amide bonds. The van der Waals surface area contributed by atoms with Crippen molar-refractivity contribution < 1.29 is 4.39 Å². The van der Waals surface area contributed by atoms with E-state index in [0.717, 1.165) is 23.2 Å². The van der Waals surface area contributed by atoms with Gasteiger partial charge in [-0.1, -0.05) is 37.6 Å². The lowest BCUT2D eigenvalue weighted by Crippen LogP contribution is -1.91. The molecule has 2 nitrogen and oxygen atoms in total. The van der Waals surface area contributed by atoms with Gasteiger partial charge in [0.1, 0.15) is 6.17 Å². The van der Waals surface area contributed by atoms with Gasteiger partial charge in [0.25, 0.3) is 0 Å². The number of aromatic nitrogens is 1. The highest BCUT2D eigenvalue weighted by atomic mass is 32.1. The number of hydrogen-bond acceptors (Lipinski definition) is 3. The molecule has 0 bridgehead atoms. The first-order valence-corrected chi connectivity index (χ1v) is 6.54. The minimum absolute atomic E-state index is 0.554. The van der Waals surface area contributed by atoms with Gasteiger partial charge >= 0.3 is 0 Å². The third kappa shape index (κ3) is 2.82. The summed E-state index contributed by atoms with van der Waals surface area (Å²) in [5.74, 6) is 0. The Bertz CT molecular complexity index is 478. The topological polar surface area (TPSA) is 38.9 Å². The molecule has 1 heterocycles. The van der Waals surface area contributed by atoms with Gasteiger partial charge in [-0.3, -0.25) is 0 Å². The molecule has 0 aliphatic carbocycles. The highest BCUT2D eigenvalue weighted by Gasteiger charge is 2.09. The quantitative estimate of drug-likeness (QED) is 0.883. The third-order valence-electron chi connectivity index (χ3n) is 2.63. The maximum Gasteiger partial charge on any atom is 0.180 e. The first-order chi connectivity index (χ1) is 8.20. The fourth-order valence-corrected chi connectivity index (χ4v) is 2.28. The van der Waals surface area contributed by atoms with Gasteiger partial charge < -0.3 is 5.73 Å². The summed E-state index contributed by atoms with van der Waals surface area (Å²) in [6, 6.07) is 7.44. The van der Waals surface area contributed by atoms with E-state index in [1.807, 2.05) is 36.6 Å². The van der Waals surface area contributed by atoms with E-state index in [2.05, 4.69) is 4.98 Å². The van der Waals surface area contributed by atoms with Gasteiger partial charge in [0.15, 0.2) is 5.13 Å². The molecule has 0 spiro atoms. The molecule has 1 aromatic heterocycles. The number of thiazole rings is 1. The molecule has 2 rings (SSSR count). The molecule has 0 saturated heterocycles. The van der Waals surface area contributed by atoms with E-state index >= 15 is 0 Å². The monoisotopic (exact) mass is 250 g/mol. The van der Waals surface area contributed by atoms with Crippen molar-refractivity contribution in [3.8, 4) is 11.3 Å². The van der Waals surface area contributed by atoms with Crippen molar-refractivity contribution in [2.24, 2.45) is 0 Å². The van der Waals surface area contributed by atoms with E-state index in [1.54, 1.807) is 0 Å². The van der Waals surface area contributed by atoms with Crippen molar-refractivity contribution in [1.29, 1.82) is 0 Å². The zero-order valence-corrected chi connectivity index (χ0v) is 10.5. The molecule has 0 aliphatic rings. The van der Waals surface area contributed by atoms with Crippen molar-refractivity contribution in [3.05, 3.63) is 35.2 Å². The smallest absolute Gasteiger partial charge is 0.180 e. The number of nitrogens with two attached hydrogens (primary N) is 1. The number of halogens is 1. The van der Waals surface area contributed by atoms with Crippen LogP contribution in [0, 0.1) is 0 Å². The van der Waals surface area contributed by atoms with E-state index in [1.165, 1.54) is 11.3 Å². The van der Waals surface area contributed by atoms with Crippen LogP contribution in [-0.2, 0) is 0 Å². The summed E-state index contributed by atoms with van der Waals surface area (Å²) in [5.41, 5.74) is 8.15. The molecule has 2 aromatic rings. The Morgan fingerprint density at radius 3 is 2.59 bits per heavy atom. The van der Waals surface area contributed by atoms with Gasteiger partial charge in [0.2, 0.25) is 0 Å². The summed E-state index contributed by atoms with van der Waals surface area (Å²) in [5, 5.41) is 2.46. The number of benzene rings is 1. The largest absolute Gasteiger partial charge is 0.375 e. The molecule has 0 fully saturated rings. The van der Waals surface area contributed by atoms with Crippen LogP contribution < -0.4 is 5.73 Å². The fourth-order valence-electron chi connectivity index (χ4n) is 1.70. The summed E-state index contributed by atoms with van der Waals surface area (Å²) in [4.78, 5) is 4.19. The summed E-state index contributed by atoms with van der Waals surface area (Å²) in [6.45, 7) is 1.99. The van der Waals surface area contributed by atoms with Crippen molar-refractivity contribution in [2.45, 2.75) is 25.9 Å². The number of anilines is 1. The molecular formula is C13H15FN2S. The summed E-state index contributed by atoms with van der Waals surface area (Å²) < 4.78 is 13.6. The summed E-state index contributed by atoms with van der Waals surface area (Å²) in [6.07, 6.45) is 0.559. The predicted octanol–water partition coefficient (Wildman–Crippen LogP) is 4.20. The fraction of sp³-hybridized carbons (Fsp3) is 0.308. The molecule has 0 saturated carbocycles. The van der Waals surface area contributed by atoms with Crippen LogP contribution in [0.1, 0.15) is 31.5 Å². The minimum Gasteiger partial charge on any atom is -0.375 e. The van der Waals surface area contributed by atoms with E-state index in [9.17, 15) is 4.39 Å². The van der Waals surface area contributed by atoms with Crippen LogP contribution in [-0.4, -0.2) is 4.98 Å². The van der Waals surface area contributed by atoms with Crippen molar-refractivity contribution in [3.63, 3.8) is 0 Å². The number of hydrogen-bond donors (Lipinski definition) is 1. The number of rotatable bonds is 4. The molecule has 0 aliphatic heterocycles. The van der Waals surface area contributed by atoms with Crippen LogP contribution in [0.4, 0.5) is 9.52 Å². The van der Waals surface area contributed by atoms with E-state index in [0.29, 0.717) is 11.6 Å². The Balaban J connectivity index is 2.18. The second kappa shape index (κ2) is 5.27. The van der Waals surface area contributed by atoms with Crippen LogP contribution in [0.3, 0.4) is 0 Å². The minimum atomic E-state index is -0.866.